The Morgan fingerprint density at radius 1 is 1.38 bits per heavy atom. The summed E-state index contributed by atoms with van der Waals surface area (Å²) in [6.07, 6.45) is 1.66. The molecule has 0 amide bonds. The molecule has 0 saturated carbocycles. The zero-order chi connectivity index (χ0) is 15.8. The fraction of sp³-hybridized carbons (Fsp3) is 0.600. The minimum atomic E-state index is -3.69. The molecule has 1 fully saturated rings. The van der Waals surface area contributed by atoms with Gasteiger partial charge in [-0.15, -0.1) is 11.6 Å². The van der Waals surface area contributed by atoms with Crippen LogP contribution < -0.4 is 0 Å². The van der Waals surface area contributed by atoms with E-state index in [-0.39, 0.29) is 22.4 Å². The Morgan fingerprint density at radius 2 is 2.05 bits per heavy atom. The van der Waals surface area contributed by atoms with Gasteiger partial charge in [0.15, 0.2) is 0 Å². The molecule has 0 bridgehead atoms. The molecule has 1 aliphatic heterocycles. The number of nitrogens with zero attached hydrogens (tertiary/aromatic N) is 1. The van der Waals surface area contributed by atoms with Gasteiger partial charge >= 0.3 is 0 Å². The maximum atomic E-state index is 13.9. The monoisotopic (exact) mass is 333 g/mol. The van der Waals surface area contributed by atoms with E-state index in [0.717, 1.165) is 12.8 Å². The minimum absolute atomic E-state index is 0.0413. The molecular weight excluding hydrogens is 313 g/mol. The summed E-state index contributed by atoms with van der Waals surface area (Å²) in [6, 6.07) is 2.72. The zero-order valence-electron chi connectivity index (χ0n) is 12.6. The number of rotatable bonds is 3. The molecule has 2 unspecified atom stereocenters. The van der Waals surface area contributed by atoms with Crippen LogP contribution in [0.2, 0.25) is 0 Å². The number of benzene rings is 1. The third-order valence-electron chi connectivity index (χ3n) is 4.17. The first-order chi connectivity index (χ1) is 9.77. The van der Waals surface area contributed by atoms with Crippen molar-refractivity contribution in [3.05, 3.63) is 29.1 Å². The van der Waals surface area contributed by atoms with Crippen molar-refractivity contribution in [2.45, 2.75) is 50.4 Å². The maximum absolute atomic E-state index is 13.9. The van der Waals surface area contributed by atoms with Crippen molar-refractivity contribution in [1.82, 2.24) is 4.31 Å². The molecule has 21 heavy (non-hydrogen) atoms. The Hall–Kier alpha value is -0.650. The van der Waals surface area contributed by atoms with Crippen molar-refractivity contribution in [2.24, 2.45) is 5.92 Å². The molecule has 2 rings (SSSR count). The Morgan fingerprint density at radius 3 is 2.62 bits per heavy atom. The molecule has 2 atom stereocenters. The van der Waals surface area contributed by atoms with Gasteiger partial charge in [-0.3, -0.25) is 0 Å². The Labute approximate surface area is 131 Å². The highest BCUT2D eigenvalue weighted by Gasteiger charge is 2.34. The van der Waals surface area contributed by atoms with E-state index in [1.807, 2.05) is 6.92 Å². The predicted molar refractivity (Wildman–Crippen MR) is 82.4 cm³/mol. The molecule has 0 N–H and O–H groups in total. The van der Waals surface area contributed by atoms with Gasteiger partial charge in [0, 0.05) is 24.0 Å². The van der Waals surface area contributed by atoms with E-state index in [1.165, 1.54) is 23.4 Å². The lowest BCUT2D eigenvalue weighted by Crippen LogP contribution is -2.44. The van der Waals surface area contributed by atoms with Gasteiger partial charge in [0.1, 0.15) is 5.82 Å². The molecule has 6 heteroatoms. The number of halogens is 2. The fourth-order valence-electron chi connectivity index (χ4n) is 2.92. The maximum Gasteiger partial charge on any atom is 0.243 e. The van der Waals surface area contributed by atoms with Crippen LogP contribution in [0.1, 0.15) is 37.8 Å². The highest BCUT2D eigenvalue weighted by molar-refractivity contribution is 7.89. The second-order valence-corrected chi connectivity index (χ2v) is 8.05. The molecule has 1 aliphatic rings. The van der Waals surface area contributed by atoms with Gasteiger partial charge in [-0.2, -0.15) is 4.31 Å². The van der Waals surface area contributed by atoms with Crippen molar-refractivity contribution in [1.29, 1.82) is 0 Å². The summed E-state index contributed by atoms with van der Waals surface area (Å²) in [6.45, 7) is 6.01. The van der Waals surface area contributed by atoms with E-state index in [2.05, 4.69) is 6.92 Å². The van der Waals surface area contributed by atoms with Crippen LogP contribution >= 0.6 is 11.6 Å². The van der Waals surface area contributed by atoms with Gasteiger partial charge < -0.3 is 0 Å². The highest BCUT2D eigenvalue weighted by Crippen LogP contribution is 2.31. The van der Waals surface area contributed by atoms with E-state index in [1.54, 1.807) is 0 Å². The first-order valence-corrected chi connectivity index (χ1v) is 9.11. The van der Waals surface area contributed by atoms with Crippen LogP contribution in [0.4, 0.5) is 4.39 Å². The van der Waals surface area contributed by atoms with Gasteiger partial charge in [0.2, 0.25) is 10.0 Å². The number of alkyl halides is 1. The van der Waals surface area contributed by atoms with Crippen LogP contribution in [0.15, 0.2) is 17.0 Å². The van der Waals surface area contributed by atoms with Crippen molar-refractivity contribution in [3.8, 4) is 0 Å². The summed E-state index contributed by atoms with van der Waals surface area (Å²) in [5.41, 5.74) is 0.645. The van der Waals surface area contributed by atoms with E-state index < -0.39 is 15.8 Å². The molecular formula is C15H21ClFNO2S. The molecule has 1 aromatic carbocycles. The lowest BCUT2D eigenvalue weighted by atomic mass is 9.95. The first-order valence-electron chi connectivity index (χ1n) is 7.14. The zero-order valence-corrected chi connectivity index (χ0v) is 14.1. The Balaban J connectivity index is 2.47. The van der Waals surface area contributed by atoms with E-state index >= 15 is 0 Å². The van der Waals surface area contributed by atoms with Crippen LogP contribution in [0, 0.1) is 18.7 Å². The summed E-state index contributed by atoms with van der Waals surface area (Å²) in [5, 5.41) is 0. The summed E-state index contributed by atoms with van der Waals surface area (Å²) < 4.78 is 41.2. The third kappa shape index (κ3) is 3.25. The van der Waals surface area contributed by atoms with Crippen molar-refractivity contribution >= 4 is 21.6 Å². The predicted octanol–water partition coefficient (Wildman–Crippen LogP) is 3.68. The second kappa shape index (κ2) is 6.23. The summed E-state index contributed by atoms with van der Waals surface area (Å²) >= 11 is 5.73. The van der Waals surface area contributed by atoms with E-state index in [0.29, 0.717) is 18.0 Å². The van der Waals surface area contributed by atoms with Gasteiger partial charge in [-0.25, -0.2) is 12.8 Å². The SMILES string of the molecule is Cc1c(F)cc(CCl)cc1S(=O)(=O)N1CCC(C)CC1C. The molecule has 0 aromatic heterocycles. The number of piperidine rings is 1. The second-order valence-electron chi connectivity index (χ2n) is 5.93. The van der Waals surface area contributed by atoms with Crippen LogP contribution in [-0.2, 0) is 15.9 Å². The molecule has 3 nitrogen and oxygen atoms in total. The van der Waals surface area contributed by atoms with Crippen molar-refractivity contribution < 1.29 is 12.8 Å². The van der Waals surface area contributed by atoms with Gasteiger partial charge in [-0.05, 0) is 50.3 Å². The standard InChI is InChI=1S/C15H21ClFNO2S/c1-10-4-5-18(11(2)6-10)21(19,20)15-8-13(9-16)7-14(17)12(15)3/h7-8,10-11H,4-6,9H2,1-3H3. The van der Waals surface area contributed by atoms with Gasteiger partial charge in [0.25, 0.3) is 0 Å². The molecule has 1 saturated heterocycles. The third-order valence-corrected chi connectivity index (χ3v) is 6.62. The van der Waals surface area contributed by atoms with E-state index in [9.17, 15) is 12.8 Å². The molecule has 0 radical (unpaired) electrons. The summed E-state index contributed by atoms with van der Waals surface area (Å²) in [7, 11) is -3.69. The van der Waals surface area contributed by atoms with Crippen molar-refractivity contribution in [3.63, 3.8) is 0 Å². The quantitative estimate of drug-likeness (QED) is 0.791. The Kier molecular flexibility index (Phi) is 4.96. The number of hydrogen-bond acceptors (Lipinski definition) is 2. The minimum Gasteiger partial charge on any atom is -0.207 e. The van der Waals surface area contributed by atoms with Crippen LogP contribution in [-0.4, -0.2) is 25.3 Å². The molecule has 1 heterocycles. The first kappa shape index (κ1) is 16.7. The van der Waals surface area contributed by atoms with Crippen molar-refractivity contribution in [2.75, 3.05) is 6.54 Å². The van der Waals surface area contributed by atoms with Crippen LogP contribution in [0.25, 0.3) is 0 Å². The van der Waals surface area contributed by atoms with Crippen LogP contribution in [0.3, 0.4) is 0 Å². The van der Waals surface area contributed by atoms with Gasteiger partial charge in [-0.1, -0.05) is 6.92 Å². The highest BCUT2D eigenvalue weighted by atomic mass is 35.5. The Bertz CT molecular complexity index is 633. The van der Waals surface area contributed by atoms with E-state index in [4.69, 9.17) is 11.6 Å². The largest absolute Gasteiger partial charge is 0.243 e. The lowest BCUT2D eigenvalue weighted by molar-refractivity contribution is 0.220. The summed E-state index contributed by atoms with van der Waals surface area (Å²) in [5.74, 6) is 0.0787. The lowest BCUT2D eigenvalue weighted by Gasteiger charge is -2.35. The molecule has 1 aromatic rings. The van der Waals surface area contributed by atoms with Gasteiger partial charge in [0.05, 0.1) is 4.90 Å². The normalized spacial score (nSPS) is 24.2. The number of sulfonamides is 1. The smallest absolute Gasteiger partial charge is 0.207 e. The molecule has 0 aliphatic carbocycles. The molecule has 118 valence electrons. The fourth-order valence-corrected chi connectivity index (χ4v) is 5.02. The topological polar surface area (TPSA) is 37.4 Å². The van der Waals surface area contributed by atoms with Crippen LogP contribution in [0.5, 0.6) is 0 Å². The number of hydrogen-bond donors (Lipinski definition) is 0. The molecule has 0 spiro atoms. The average Bonchev–Trinajstić information content (AvgIpc) is 2.40. The average molecular weight is 334 g/mol. The summed E-state index contributed by atoms with van der Waals surface area (Å²) in [4.78, 5) is 0.0413.